The second kappa shape index (κ2) is 17.3. The van der Waals surface area contributed by atoms with Gasteiger partial charge in [0.2, 0.25) is 0 Å². The molecule has 0 saturated carbocycles. The maximum atomic E-state index is 13.1. The van der Waals surface area contributed by atoms with Gasteiger partial charge in [-0.2, -0.15) is 0 Å². The number of ether oxygens (including phenoxy) is 1. The Morgan fingerprint density at radius 1 is 1.03 bits per heavy atom. The van der Waals surface area contributed by atoms with Gasteiger partial charge in [0.15, 0.2) is 0 Å². The van der Waals surface area contributed by atoms with Crippen molar-refractivity contribution in [1.29, 1.82) is 0 Å². The molecule has 38 heavy (non-hydrogen) atoms. The number of aromatic hydroxyl groups is 1. The van der Waals surface area contributed by atoms with Crippen LogP contribution in [0.2, 0.25) is 0 Å². The summed E-state index contributed by atoms with van der Waals surface area (Å²) in [4.78, 5) is 50.2. The molecule has 1 aromatic carbocycles. The maximum absolute atomic E-state index is 13.1. The van der Waals surface area contributed by atoms with E-state index >= 15 is 0 Å². The number of amides is 2. The average molecular weight is 620 g/mol. The summed E-state index contributed by atoms with van der Waals surface area (Å²) in [6.07, 6.45) is 3.30. The number of hydrogen-bond acceptors (Lipinski definition) is 9. The average Bonchev–Trinajstić information content (AvgIpc) is 2.83. The quantitative estimate of drug-likeness (QED) is 0.110. The fourth-order valence-electron chi connectivity index (χ4n) is 3.21. The number of hydrogen-bond donors (Lipinski definition) is 6. The second-order valence-electron chi connectivity index (χ2n) is 9.63. The summed E-state index contributed by atoms with van der Waals surface area (Å²) < 4.78 is 8.03. The molecular weight excluding hydrogens is 579 g/mol. The zero-order chi connectivity index (χ0) is 28.7. The number of phenolic OH excluding ortho intramolecular Hbond substituents is 1. The topological polar surface area (TPSA) is 180 Å². The first-order valence-corrected chi connectivity index (χ1v) is 15.4. The van der Waals surface area contributed by atoms with Gasteiger partial charge in [0.05, 0.1) is 0 Å². The standard InChI is InChI=1S/C25H40N4O7SSe/c1-25(2,3)36-24(35)28-19(7-5-6-13-26)23(34)38-29-18(12-14-37-4)21(31)27-20(22(32)33)15-16-8-10-17(30)11-9-16/h8-11,18-20,29-30H,5-7,12-15,26H2,1-4H3,(H,27,31)(H,28,35)(H,32,33)/t18-,19-,20-/m0/s1. The van der Waals surface area contributed by atoms with Crippen LogP contribution in [0.1, 0.15) is 52.0 Å². The van der Waals surface area contributed by atoms with Crippen LogP contribution in [0.4, 0.5) is 4.79 Å². The van der Waals surface area contributed by atoms with Crippen molar-refractivity contribution >= 4 is 49.6 Å². The molecule has 1 aromatic rings. The van der Waals surface area contributed by atoms with Crippen LogP contribution in [-0.4, -0.2) is 90.3 Å². The molecular formula is C25H40N4O7SSe. The summed E-state index contributed by atoms with van der Waals surface area (Å²) >= 11 is 0.644. The van der Waals surface area contributed by atoms with E-state index in [-0.39, 0.29) is 16.9 Å². The van der Waals surface area contributed by atoms with Crippen LogP contribution in [0.15, 0.2) is 24.3 Å². The molecule has 1 rings (SSSR count). The minimum absolute atomic E-state index is 0.0314. The molecule has 11 nitrogen and oxygen atoms in total. The molecule has 0 fully saturated rings. The van der Waals surface area contributed by atoms with Gasteiger partial charge >= 0.3 is 235 Å². The molecule has 0 aliphatic rings. The zero-order valence-electron chi connectivity index (χ0n) is 22.3. The van der Waals surface area contributed by atoms with Crippen LogP contribution in [0.5, 0.6) is 5.75 Å². The van der Waals surface area contributed by atoms with Crippen LogP contribution in [0.25, 0.3) is 0 Å². The fraction of sp³-hybridized carbons (Fsp3) is 0.600. The number of thioether (sulfide) groups is 1. The predicted octanol–water partition coefficient (Wildman–Crippen LogP) is 1.38. The Hall–Kier alpha value is -2.31. The van der Waals surface area contributed by atoms with E-state index in [1.54, 1.807) is 32.9 Å². The third-order valence-corrected chi connectivity index (χ3v) is 7.65. The number of carboxylic acid groups (broad SMARTS) is 1. The SMILES string of the molecule is CSCC[C@H](N[Se]C(=O)[C@H](CCCCN)NC(=O)OC(C)(C)C)C(=O)N[C@@H](Cc1ccc(O)cc1)C(=O)O. The van der Waals surface area contributed by atoms with Crippen molar-refractivity contribution in [2.45, 2.75) is 76.6 Å². The Labute approximate surface area is 234 Å². The second-order valence-corrected chi connectivity index (χ2v) is 12.4. The van der Waals surface area contributed by atoms with Gasteiger partial charge in [-0.15, -0.1) is 0 Å². The number of carboxylic acids is 1. The molecule has 0 saturated heterocycles. The van der Waals surface area contributed by atoms with Gasteiger partial charge in [-0.3, -0.25) is 0 Å². The van der Waals surface area contributed by atoms with Gasteiger partial charge < -0.3 is 0 Å². The van der Waals surface area contributed by atoms with Gasteiger partial charge in [0.1, 0.15) is 0 Å². The van der Waals surface area contributed by atoms with Gasteiger partial charge in [0.25, 0.3) is 0 Å². The number of carbonyl (C=O) groups is 4. The Morgan fingerprint density at radius 2 is 1.68 bits per heavy atom. The van der Waals surface area contributed by atoms with Gasteiger partial charge in [0, 0.05) is 0 Å². The molecule has 214 valence electrons. The Bertz CT molecular complexity index is 912. The number of unbranched alkanes of at least 4 members (excludes halogenated alkanes) is 1. The summed E-state index contributed by atoms with van der Waals surface area (Å²) in [5.74, 6) is -1.06. The van der Waals surface area contributed by atoms with E-state index in [0.717, 1.165) is 0 Å². The first-order valence-electron chi connectivity index (χ1n) is 12.3. The normalized spacial score (nSPS) is 13.7. The van der Waals surface area contributed by atoms with Crippen molar-refractivity contribution in [2.24, 2.45) is 5.73 Å². The predicted molar refractivity (Wildman–Crippen MR) is 148 cm³/mol. The molecule has 0 unspecified atom stereocenters. The van der Waals surface area contributed by atoms with E-state index in [4.69, 9.17) is 10.5 Å². The number of alkyl carbamates (subject to hydrolysis) is 1. The van der Waals surface area contributed by atoms with Crippen molar-refractivity contribution in [3.05, 3.63) is 29.8 Å². The summed E-state index contributed by atoms with van der Waals surface area (Å²) in [6.45, 7) is 5.64. The van der Waals surface area contributed by atoms with Crippen LogP contribution in [0, 0.1) is 0 Å². The third-order valence-electron chi connectivity index (χ3n) is 5.14. The number of aliphatic carboxylic acids is 1. The van der Waals surface area contributed by atoms with Gasteiger partial charge in [-0.1, -0.05) is 0 Å². The van der Waals surface area contributed by atoms with Crippen molar-refractivity contribution in [1.82, 2.24) is 15.0 Å². The van der Waals surface area contributed by atoms with Crippen LogP contribution < -0.4 is 20.7 Å². The number of nitrogens with two attached hydrogens (primary N) is 1. The van der Waals surface area contributed by atoms with E-state index < -0.39 is 56.9 Å². The molecule has 2 amide bonds. The molecule has 0 radical (unpaired) electrons. The van der Waals surface area contributed by atoms with Crippen LogP contribution >= 0.6 is 11.8 Å². The zero-order valence-corrected chi connectivity index (χ0v) is 24.9. The molecule has 0 aliphatic heterocycles. The molecule has 0 spiro atoms. The first-order chi connectivity index (χ1) is 17.9. The summed E-state index contributed by atoms with van der Waals surface area (Å²) in [7, 11) is 0. The van der Waals surface area contributed by atoms with Crippen molar-refractivity contribution in [3.63, 3.8) is 0 Å². The molecule has 0 heterocycles. The first kappa shape index (κ1) is 33.7. The number of carbonyl (C=O) groups excluding carboxylic acids is 3. The van der Waals surface area contributed by atoms with Gasteiger partial charge in [-0.25, -0.2) is 0 Å². The third kappa shape index (κ3) is 14.0. The molecule has 13 heteroatoms. The molecule has 0 aliphatic carbocycles. The van der Waals surface area contributed by atoms with Crippen LogP contribution in [-0.2, 0) is 25.5 Å². The Balaban J connectivity index is 2.88. The number of nitrogens with one attached hydrogen (secondary N) is 3. The molecule has 3 atom stereocenters. The molecule has 0 aromatic heterocycles. The number of phenols is 1. The summed E-state index contributed by atoms with van der Waals surface area (Å²) in [5, 5.41) is 24.3. The van der Waals surface area contributed by atoms with E-state index in [9.17, 15) is 29.4 Å². The van der Waals surface area contributed by atoms with Gasteiger partial charge in [-0.05, 0) is 0 Å². The van der Waals surface area contributed by atoms with E-state index in [1.807, 2.05) is 6.26 Å². The van der Waals surface area contributed by atoms with Crippen molar-refractivity contribution < 1.29 is 34.1 Å². The van der Waals surface area contributed by atoms with E-state index in [2.05, 4.69) is 15.0 Å². The van der Waals surface area contributed by atoms with E-state index in [0.29, 0.717) is 43.5 Å². The monoisotopic (exact) mass is 620 g/mol. The Kier molecular flexibility index (Phi) is 15.4. The summed E-state index contributed by atoms with van der Waals surface area (Å²) in [5.41, 5.74) is 5.48. The molecule has 0 bridgehead atoms. The molecule has 7 N–H and O–H groups in total. The minimum atomic E-state index is -1.20. The van der Waals surface area contributed by atoms with Crippen LogP contribution in [0.3, 0.4) is 0 Å². The Morgan fingerprint density at radius 3 is 2.24 bits per heavy atom. The van der Waals surface area contributed by atoms with E-state index in [1.165, 1.54) is 23.9 Å². The number of rotatable bonds is 17. The summed E-state index contributed by atoms with van der Waals surface area (Å²) in [6, 6.07) is 3.29. The number of benzene rings is 1. The van der Waals surface area contributed by atoms with Crippen molar-refractivity contribution in [3.8, 4) is 5.75 Å². The fourth-order valence-corrected chi connectivity index (χ4v) is 5.37. The van der Waals surface area contributed by atoms with Crippen molar-refractivity contribution in [2.75, 3.05) is 18.6 Å².